The van der Waals surface area contributed by atoms with E-state index in [4.69, 9.17) is 9.52 Å². The van der Waals surface area contributed by atoms with Crippen LogP contribution in [0.1, 0.15) is 31.4 Å². The van der Waals surface area contributed by atoms with Gasteiger partial charge in [0.05, 0.1) is 6.20 Å². The van der Waals surface area contributed by atoms with Gasteiger partial charge in [0.2, 0.25) is 0 Å². The van der Waals surface area contributed by atoms with Gasteiger partial charge < -0.3 is 9.52 Å². The standard InChI is InChI=1S/C8H11NO3/c1-3-7-9-4-6(12-7)5(2)8(10)11/h4-5H,3H2,1-2H3,(H,10,11). The summed E-state index contributed by atoms with van der Waals surface area (Å²) in [5, 5.41) is 8.63. The van der Waals surface area contributed by atoms with Gasteiger partial charge in [-0.15, -0.1) is 0 Å². The molecule has 1 N–H and O–H groups in total. The van der Waals surface area contributed by atoms with Crippen molar-refractivity contribution in [1.29, 1.82) is 0 Å². The minimum Gasteiger partial charge on any atom is -0.481 e. The molecule has 66 valence electrons. The Kier molecular flexibility index (Phi) is 2.47. The number of aromatic nitrogens is 1. The molecule has 0 aliphatic carbocycles. The lowest BCUT2D eigenvalue weighted by Crippen LogP contribution is -2.05. The highest BCUT2D eigenvalue weighted by Gasteiger charge is 2.17. The van der Waals surface area contributed by atoms with Crippen LogP contribution < -0.4 is 0 Å². The van der Waals surface area contributed by atoms with E-state index in [-0.39, 0.29) is 0 Å². The predicted molar refractivity (Wildman–Crippen MR) is 41.9 cm³/mol. The molecule has 12 heavy (non-hydrogen) atoms. The van der Waals surface area contributed by atoms with E-state index in [1.165, 1.54) is 6.20 Å². The average molecular weight is 169 g/mol. The Morgan fingerprint density at radius 3 is 2.92 bits per heavy atom. The van der Waals surface area contributed by atoms with Gasteiger partial charge >= 0.3 is 5.97 Å². The number of nitrogens with zero attached hydrogens (tertiary/aromatic N) is 1. The Labute approximate surface area is 70.2 Å². The van der Waals surface area contributed by atoms with Crippen molar-refractivity contribution in [3.8, 4) is 0 Å². The molecule has 0 aromatic carbocycles. The van der Waals surface area contributed by atoms with Crippen LogP contribution in [0.2, 0.25) is 0 Å². The van der Waals surface area contributed by atoms with E-state index in [0.29, 0.717) is 18.1 Å². The number of carbonyl (C=O) groups is 1. The van der Waals surface area contributed by atoms with Crippen molar-refractivity contribution in [3.63, 3.8) is 0 Å². The van der Waals surface area contributed by atoms with Crippen molar-refractivity contribution >= 4 is 5.97 Å². The molecule has 4 heteroatoms. The second kappa shape index (κ2) is 3.38. The molecule has 0 spiro atoms. The fourth-order valence-corrected chi connectivity index (χ4v) is 0.810. The molecule has 0 fully saturated rings. The van der Waals surface area contributed by atoms with Crippen LogP contribution in [0, 0.1) is 0 Å². The molecule has 0 aliphatic rings. The molecule has 0 radical (unpaired) electrons. The smallest absolute Gasteiger partial charge is 0.313 e. The zero-order chi connectivity index (χ0) is 9.14. The molecule has 1 unspecified atom stereocenters. The summed E-state index contributed by atoms with van der Waals surface area (Å²) in [5.41, 5.74) is 0. The third kappa shape index (κ3) is 1.64. The van der Waals surface area contributed by atoms with E-state index in [0.717, 1.165) is 0 Å². The minimum atomic E-state index is -0.895. The molecule has 0 aliphatic heterocycles. The van der Waals surface area contributed by atoms with Gasteiger partial charge in [-0.25, -0.2) is 4.98 Å². The van der Waals surface area contributed by atoms with E-state index in [2.05, 4.69) is 4.98 Å². The zero-order valence-electron chi connectivity index (χ0n) is 7.07. The molecule has 1 rings (SSSR count). The number of hydrogen-bond donors (Lipinski definition) is 1. The number of aryl methyl sites for hydroxylation is 1. The zero-order valence-corrected chi connectivity index (χ0v) is 7.07. The van der Waals surface area contributed by atoms with Crippen molar-refractivity contribution in [3.05, 3.63) is 17.8 Å². The lowest BCUT2D eigenvalue weighted by atomic mass is 10.1. The highest BCUT2D eigenvalue weighted by molar-refractivity contribution is 5.74. The van der Waals surface area contributed by atoms with Crippen LogP contribution in [0.3, 0.4) is 0 Å². The quantitative estimate of drug-likeness (QED) is 0.743. The normalized spacial score (nSPS) is 12.8. The van der Waals surface area contributed by atoms with Gasteiger partial charge in [-0.3, -0.25) is 4.79 Å². The van der Waals surface area contributed by atoms with Crippen molar-refractivity contribution in [2.45, 2.75) is 26.2 Å². The maximum Gasteiger partial charge on any atom is 0.313 e. The van der Waals surface area contributed by atoms with E-state index < -0.39 is 11.9 Å². The maximum atomic E-state index is 10.5. The van der Waals surface area contributed by atoms with Gasteiger partial charge in [0.25, 0.3) is 0 Å². The van der Waals surface area contributed by atoms with Gasteiger partial charge in [0, 0.05) is 6.42 Å². The summed E-state index contributed by atoms with van der Waals surface area (Å²) in [5.74, 6) is -0.510. The van der Waals surface area contributed by atoms with Crippen LogP contribution in [0.15, 0.2) is 10.6 Å². The number of carboxylic acid groups (broad SMARTS) is 1. The Bertz CT molecular complexity index is 280. The van der Waals surface area contributed by atoms with Gasteiger partial charge in [-0.2, -0.15) is 0 Å². The summed E-state index contributed by atoms with van der Waals surface area (Å²) in [6.45, 7) is 3.48. The monoisotopic (exact) mass is 169 g/mol. The lowest BCUT2D eigenvalue weighted by Gasteiger charge is -1.98. The SMILES string of the molecule is CCc1ncc(C(C)C(=O)O)o1. The highest BCUT2D eigenvalue weighted by atomic mass is 16.4. The van der Waals surface area contributed by atoms with Crippen molar-refractivity contribution in [2.75, 3.05) is 0 Å². The number of aliphatic carboxylic acids is 1. The maximum absolute atomic E-state index is 10.5. The van der Waals surface area contributed by atoms with Crippen LogP contribution in [-0.2, 0) is 11.2 Å². The second-order valence-corrected chi connectivity index (χ2v) is 2.57. The topological polar surface area (TPSA) is 63.3 Å². The Hall–Kier alpha value is -1.32. The van der Waals surface area contributed by atoms with E-state index >= 15 is 0 Å². The Morgan fingerprint density at radius 2 is 2.50 bits per heavy atom. The summed E-state index contributed by atoms with van der Waals surface area (Å²) >= 11 is 0. The second-order valence-electron chi connectivity index (χ2n) is 2.57. The third-order valence-corrected chi connectivity index (χ3v) is 1.67. The third-order valence-electron chi connectivity index (χ3n) is 1.67. The largest absolute Gasteiger partial charge is 0.481 e. The van der Waals surface area contributed by atoms with E-state index in [9.17, 15) is 4.79 Å². The first-order valence-electron chi connectivity index (χ1n) is 3.82. The first kappa shape index (κ1) is 8.77. The molecule has 0 saturated carbocycles. The fraction of sp³-hybridized carbons (Fsp3) is 0.500. The molecular formula is C8H11NO3. The molecular weight excluding hydrogens is 158 g/mol. The number of carboxylic acids is 1. The van der Waals surface area contributed by atoms with E-state index in [1.54, 1.807) is 6.92 Å². The first-order chi connectivity index (χ1) is 5.65. The Morgan fingerprint density at radius 1 is 1.83 bits per heavy atom. The van der Waals surface area contributed by atoms with Gasteiger partial charge in [0.15, 0.2) is 5.89 Å². The number of oxazole rings is 1. The number of hydrogen-bond acceptors (Lipinski definition) is 3. The van der Waals surface area contributed by atoms with Gasteiger partial charge in [-0.05, 0) is 6.92 Å². The summed E-state index contributed by atoms with van der Waals surface area (Å²) in [7, 11) is 0. The summed E-state index contributed by atoms with van der Waals surface area (Å²) in [6.07, 6.45) is 2.16. The van der Waals surface area contributed by atoms with Crippen molar-refractivity contribution < 1.29 is 14.3 Å². The van der Waals surface area contributed by atoms with Crippen LogP contribution in [0.5, 0.6) is 0 Å². The van der Waals surface area contributed by atoms with Crippen LogP contribution in [-0.4, -0.2) is 16.1 Å². The molecule has 4 nitrogen and oxygen atoms in total. The molecule has 1 aromatic heterocycles. The highest BCUT2D eigenvalue weighted by Crippen LogP contribution is 2.16. The summed E-state index contributed by atoms with van der Waals surface area (Å²) in [6, 6.07) is 0. The summed E-state index contributed by atoms with van der Waals surface area (Å²) in [4.78, 5) is 14.4. The van der Waals surface area contributed by atoms with Gasteiger partial charge in [0.1, 0.15) is 11.7 Å². The Balaban J connectivity index is 2.81. The average Bonchev–Trinajstić information content (AvgIpc) is 2.50. The van der Waals surface area contributed by atoms with Crippen molar-refractivity contribution in [2.24, 2.45) is 0 Å². The molecule has 1 aromatic rings. The molecule has 1 atom stereocenters. The molecule has 1 heterocycles. The van der Waals surface area contributed by atoms with E-state index in [1.807, 2.05) is 6.92 Å². The fourth-order valence-electron chi connectivity index (χ4n) is 0.810. The van der Waals surface area contributed by atoms with Crippen LogP contribution >= 0.6 is 0 Å². The predicted octanol–water partition coefficient (Wildman–Crippen LogP) is 1.43. The van der Waals surface area contributed by atoms with Crippen LogP contribution in [0.25, 0.3) is 0 Å². The summed E-state index contributed by atoms with van der Waals surface area (Å²) < 4.78 is 5.16. The molecule has 0 saturated heterocycles. The van der Waals surface area contributed by atoms with Crippen LogP contribution in [0.4, 0.5) is 0 Å². The lowest BCUT2D eigenvalue weighted by molar-refractivity contribution is -0.138. The minimum absolute atomic E-state index is 0.416. The number of rotatable bonds is 3. The first-order valence-corrected chi connectivity index (χ1v) is 3.82. The molecule has 0 amide bonds. The van der Waals surface area contributed by atoms with Gasteiger partial charge in [-0.1, -0.05) is 6.92 Å². The molecule has 0 bridgehead atoms. The van der Waals surface area contributed by atoms with Crippen molar-refractivity contribution in [1.82, 2.24) is 4.98 Å².